The third-order valence-electron chi connectivity index (χ3n) is 2.68. The summed E-state index contributed by atoms with van der Waals surface area (Å²) in [5.41, 5.74) is 1.31. The lowest BCUT2D eigenvalue weighted by Gasteiger charge is -1.99. The van der Waals surface area contributed by atoms with Crippen LogP contribution in [-0.4, -0.2) is 16.7 Å². The molecule has 0 atom stereocenters. The first-order valence-corrected chi connectivity index (χ1v) is 7.75. The quantitative estimate of drug-likeness (QED) is 0.709. The molecular formula is C13H13N3OS2. The summed E-state index contributed by atoms with van der Waals surface area (Å²) in [6.07, 6.45) is 2.20. The highest BCUT2D eigenvalue weighted by Gasteiger charge is 2.03. The van der Waals surface area contributed by atoms with Gasteiger partial charge in [0.1, 0.15) is 0 Å². The standard InChI is InChI=1S/C13H13N3OS2/c1-2-12(18-5-1)10-6-11(19-8-10)7-14-4-3-13-15-9-16-17-13/h1-2,5-6,8-9,14H,3-4,7H2. The van der Waals surface area contributed by atoms with Gasteiger partial charge in [-0.05, 0) is 22.9 Å². The fraction of sp³-hybridized carbons (Fsp3) is 0.231. The number of hydrogen-bond donors (Lipinski definition) is 1. The third kappa shape index (κ3) is 3.28. The van der Waals surface area contributed by atoms with Crippen LogP contribution in [0.2, 0.25) is 0 Å². The van der Waals surface area contributed by atoms with Crippen LogP contribution in [0.15, 0.2) is 39.8 Å². The lowest BCUT2D eigenvalue weighted by atomic mass is 10.2. The second-order valence-corrected chi connectivity index (χ2v) is 5.98. The van der Waals surface area contributed by atoms with E-state index in [-0.39, 0.29) is 0 Å². The van der Waals surface area contributed by atoms with E-state index >= 15 is 0 Å². The molecule has 0 spiro atoms. The summed E-state index contributed by atoms with van der Waals surface area (Å²) in [4.78, 5) is 6.65. The van der Waals surface area contributed by atoms with Crippen molar-refractivity contribution in [1.82, 2.24) is 15.5 Å². The van der Waals surface area contributed by atoms with E-state index in [0.29, 0.717) is 5.89 Å². The van der Waals surface area contributed by atoms with Crippen LogP contribution in [0.3, 0.4) is 0 Å². The molecule has 98 valence electrons. The fourth-order valence-corrected chi connectivity index (χ4v) is 3.40. The highest BCUT2D eigenvalue weighted by atomic mass is 32.1. The second kappa shape index (κ2) is 6.10. The van der Waals surface area contributed by atoms with Gasteiger partial charge in [0.25, 0.3) is 0 Å². The van der Waals surface area contributed by atoms with Crippen LogP contribution in [-0.2, 0) is 13.0 Å². The molecule has 0 radical (unpaired) electrons. The molecule has 0 aliphatic heterocycles. The Morgan fingerprint density at radius 1 is 1.32 bits per heavy atom. The Bertz CT molecular complexity index is 602. The normalized spacial score (nSPS) is 10.9. The Morgan fingerprint density at radius 3 is 3.11 bits per heavy atom. The predicted octanol–water partition coefficient (Wildman–Crippen LogP) is 3.19. The largest absolute Gasteiger partial charge is 0.340 e. The first kappa shape index (κ1) is 12.5. The first-order chi connectivity index (χ1) is 9.42. The van der Waals surface area contributed by atoms with Crippen molar-refractivity contribution in [2.24, 2.45) is 0 Å². The van der Waals surface area contributed by atoms with Crippen molar-refractivity contribution in [1.29, 1.82) is 0 Å². The van der Waals surface area contributed by atoms with Crippen molar-refractivity contribution in [3.8, 4) is 10.4 Å². The van der Waals surface area contributed by atoms with Crippen molar-refractivity contribution in [3.63, 3.8) is 0 Å². The molecule has 1 N–H and O–H groups in total. The molecule has 0 saturated heterocycles. The van der Waals surface area contributed by atoms with E-state index in [4.69, 9.17) is 4.52 Å². The molecule has 3 aromatic heterocycles. The summed E-state index contributed by atoms with van der Waals surface area (Å²) in [6, 6.07) is 6.48. The van der Waals surface area contributed by atoms with E-state index < -0.39 is 0 Å². The van der Waals surface area contributed by atoms with Gasteiger partial charge < -0.3 is 9.84 Å². The minimum Gasteiger partial charge on any atom is -0.340 e. The summed E-state index contributed by atoms with van der Waals surface area (Å²) >= 11 is 3.56. The average molecular weight is 291 g/mol. The number of aromatic nitrogens is 2. The van der Waals surface area contributed by atoms with Gasteiger partial charge in [-0.15, -0.1) is 22.7 Å². The van der Waals surface area contributed by atoms with Gasteiger partial charge in [-0.25, -0.2) is 0 Å². The molecule has 0 aromatic carbocycles. The molecule has 3 heterocycles. The number of hydrogen-bond acceptors (Lipinski definition) is 6. The van der Waals surface area contributed by atoms with Gasteiger partial charge in [-0.1, -0.05) is 11.2 Å². The Kier molecular flexibility index (Phi) is 4.02. The number of thiophene rings is 2. The van der Waals surface area contributed by atoms with E-state index in [2.05, 4.69) is 44.4 Å². The molecule has 0 bridgehead atoms. The Hall–Kier alpha value is -1.50. The Balaban J connectivity index is 1.48. The minimum atomic E-state index is 0.679. The zero-order chi connectivity index (χ0) is 12.9. The first-order valence-electron chi connectivity index (χ1n) is 5.99. The molecule has 4 nitrogen and oxygen atoms in total. The third-order valence-corrected chi connectivity index (χ3v) is 4.54. The molecule has 6 heteroatoms. The summed E-state index contributed by atoms with van der Waals surface area (Å²) in [5.74, 6) is 0.679. The van der Waals surface area contributed by atoms with Gasteiger partial charge in [0.2, 0.25) is 5.89 Å². The topological polar surface area (TPSA) is 51.0 Å². The van der Waals surface area contributed by atoms with Crippen LogP contribution in [0.5, 0.6) is 0 Å². The van der Waals surface area contributed by atoms with Crippen molar-refractivity contribution < 1.29 is 4.52 Å². The van der Waals surface area contributed by atoms with Crippen LogP contribution in [0.25, 0.3) is 10.4 Å². The molecule has 19 heavy (non-hydrogen) atoms. The van der Waals surface area contributed by atoms with Gasteiger partial charge in [0.05, 0.1) is 0 Å². The van der Waals surface area contributed by atoms with Crippen LogP contribution >= 0.6 is 22.7 Å². The summed E-state index contributed by atoms with van der Waals surface area (Å²) in [5, 5.41) is 11.3. The van der Waals surface area contributed by atoms with Gasteiger partial charge in [-0.3, -0.25) is 0 Å². The summed E-state index contributed by atoms with van der Waals surface area (Å²) < 4.78 is 4.94. The van der Waals surface area contributed by atoms with Gasteiger partial charge in [-0.2, -0.15) is 4.98 Å². The van der Waals surface area contributed by atoms with E-state index in [1.807, 2.05) is 0 Å². The molecule has 3 rings (SSSR count). The monoisotopic (exact) mass is 291 g/mol. The summed E-state index contributed by atoms with van der Waals surface area (Å²) in [7, 11) is 0. The molecule has 0 amide bonds. The Morgan fingerprint density at radius 2 is 2.32 bits per heavy atom. The van der Waals surface area contributed by atoms with Crippen LogP contribution < -0.4 is 5.32 Å². The van der Waals surface area contributed by atoms with E-state index in [1.165, 1.54) is 21.6 Å². The SMILES string of the molecule is c1csc(-c2csc(CNCCc3ncno3)c2)c1. The molecule has 0 aliphatic rings. The zero-order valence-electron chi connectivity index (χ0n) is 10.2. The van der Waals surface area contributed by atoms with Gasteiger partial charge in [0.15, 0.2) is 6.33 Å². The van der Waals surface area contributed by atoms with Gasteiger partial charge in [0, 0.05) is 34.8 Å². The number of nitrogens with zero attached hydrogens (tertiary/aromatic N) is 2. The average Bonchev–Trinajstić information content (AvgIpc) is 3.15. The van der Waals surface area contributed by atoms with Crippen LogP contribution in [0, 0.1) is 0 Å². The fourth-order valence-electron chi connectivity index (χ4n) is 1.76. The van der Waals surface area contributed by atoms with E-state index in [9.17, 15) is 0 Å². The number of nitrogens with one attached hydrogen (secondary N) is 1. The molecule has 0 unspecified atom stereocenters. The van der Waals surface area contributed by atoms with Crippen molar-refractivity contribution in [3.05, 3.63) is 46.1 Å². The highest BCUT2D eigenvalue weighted by Crippen LogP contribution is 2.29. The lowest BCUT2D eigenvalue weighted by molar-refractivity contribution is 0.375. The maximum absolute atomic E-state index is 4.94. The molecule has 0 saturated carbocycles. The maximum Gasteiger partial charge on any atom is 0.227 e. The molecule has 0 fully saturated rings. The predicted molar refractivity (Wildman–Crippen MR) is 77.3 cm³/mol. The zero-order valence-corrected chi connectivity index (χ0v) is 11.8. The van der Waals surface area contributed by atoms with E-state index in [0.717, 1.165) is 19.5 Å². The molecule has 3 aromatic rings. The smallest absolute Gasteiger partial charge is 0.227 e. The van der Waals surface area contributed by atoms with Crippen LogP contribution in [0.1, 0.15) is 10.8 Å². The van der Waals surface area contributed by atoms with Crippen molar-refractivity contribution in [2.75, 3.05) is 6.54 Å². The minimum absolute atomic E-state index is 0.679. The van der Waals surface area contributed by atoms with E-state index in [1.54, 1.807) is 22.7 Å². The highest BCUT2D eigenvalue weighted by molar-refractivity contribution is 7.14. The maximum atomic E-state index is 4.94. The lowest BCUT2D eigenvalue weighted by Crippen LogP contribution is -2.16. The molecular weight excluding hydrogens is 278 g/mol. The number of rotatable bonds is 6. The molecule has 0 aliphatic carbocycles. The van der Waals surface area contributed by atoms with Crippen molar-refractivity contribution >= 4 is 22.7 Å². The van der Waals surface area contributed by atoms with Crippen molar-refractivity contribution in [2.45, 2.75) is 13.0 Å². The summed E-state index contributed by atoms with van der Waals surface area (Å²) in [6.45, 7) is 1.72. The van der Waals surface area contributed by atoms with Crippen LogP contribution in [0.4, 0.5) is 0 Å². The second-order valence-electron chi connectivity index (χ2n) is 4.04. The van der Waals surface area contributed by atoms with Gasteiger partial charge >= 0.3 is 0 Å². The Labute approximate surface area is 119 Å².